The van der Waals surface area contributed by atoms with Crippen LogP contribution in [-0.4, -0.2) is 58.7 Å². The summed E-state index contributed by atoms with van der Waals surface area (Å²) in [6.07, 6.45) is 6.26. The van der Waals surface area contributed by atoms with Gasteiger partial charge in [0.2, 0.25) is 17.9 Å². The second kappa shape index (κ2) is 12.5. The van der Waals surface area contributed by atoms with Crippen molar-refractivity contribution in [2.75, 3.05) is 0 Å². The number of carboxylic acids is 1. The third kappa shape index (κ3) is 5.38. The Hall–Kier alpha value is -2.16. The van der Waals surface area contributed by atoms with Crippen molar-refractivity contribution in [2.45, 2.75) is 141 Å². The lowest BCUT2D eigenvalue weighted by Gasteiger charge is -2.60. The van der Waals surface area contributed by atoms with Crippen molar-refractivity contribution in [3.05, 3.63) is 35.4 Å². The van der Waals surface area contributed by atoms with Crippen LogP contribution >= 0.6 is 0 Å². The van der Waals surface area contributed by atoms with Crippen molar-refractivity contribution in [3.8, 4) is 0 Å². The summed E-state index contributed by atoms with van der Waals surface area (Å²) in [5, 5.41) is 9.06. The maximum Gasteiger partial charge on any atom is 0.335 e. The van der Waals surface area contributed by atoms with Crippen LogP contribution in [0.25, 0.3) is 0 Å². The zero-order valence-corrected chi connectivity index (χ0v) is 30.0. The SMILES string of the molecule is C[C@@H]1CCC2[C@@H](C)C(=O)O[C@@H]3O[C@]4(C)CCC1[C@@]23OO4.C[C@@H]1CCC2[C@@H](C)[C@@H](OCc3ccc(C(=O)O)cc3)O[C@@H]3O[C@]4(C)CCC1[C@@]23OO4. The molecule has 4 unspecified atom stereocenters. The maximum absolute atomic E-state index is 12.1. The van der Waals surface area contributed by atoms with Crippen LogP contribution in [0.3, 0.4) is 0 Å². The summed E-state index contributed by atoms with van der Waals surface area (Å²) in [4.78, 5) is 46.7. The summed E-state index contributed by atoms with van der Waals surface area (Å²) < 4.78 is 30.5. The first-order chi connectivity index (χ1) is 23.8. The van der Waals surface area contributed by atoms with E-state index >= 15 is 0 Å². The average molecular weight is 701 g/mol. The number of carbonyl (C=O) groups excluding carboxylic acids is 1. The van der Waals surface area contributed by atoms with Gasteiger partial charge >= 0.3 is 11.9 Å². The molecule has 0 amide bonds. The van der Waals surface area contributed by atoms with E-state index in [2.05, 4.69) is 20.8 Å². The molecule has 10 fully saturated rings. The Morgan fingerprint density at radius 1 is 0.760 bits per heavy atom. The topological polar surface area (TPSA) is 137 Å². The molecule has 0 radical (unpaired) electrons. The summed E-state index contributed by atoms with van der Waals surface area (Å²) in [6, 6.07) is 6.74. The molecule has 8 aliphatic heterocycles. The van der Waals surface area contributed by atoms with Gasteiger partial charge in [0.1, 0.15) is 0 Å². The van der Waals surface area contributed by atoms with Gasteiger partial charge in [-0.25, -0.2) is 24.3 Å². The van der Waals surface area contributed by atoms with Gasteiger partial charge in [-0.05, 0) is 87.8 Å². The molecular formula is C38H52O12. The molecule has 2 saturated carbocycles. The fraction of sp³-hybridized carbons (Fsp3) is 0.789. The van der Waals surface area contributed by atoms with E-state index in [1.807, 2.05) is 20.8 Å². The Kier molecular flexibility index (Phi) is 8.70. The second-order valence-electron chi connectivity index (χ2n) is 16.7. The highest BCUT2D eigenvalue weighted by atomic mass is 17.3. The predicted molar refractivity (Wildman–Crippen MR) is 173 cm³/mol. The Morgan fingerprint density at radius 3 is 1.92 bits per heavy atom. The molecule has 276 valence electrons. The fourth-order valence-corrected chi connectivity index (χ4v) is 10.7. The molecule has 0 aromatic heterocycles. The van der Waals surface area contributed by atoms with Crippen LogP contribution in [0.4, 0.5) is 0 Å². The van der Waals surface area contributed by atoms with Crippen molar-refractivity contribution in [1.29, 1.82) is 0 Å². The van der Waals surface area contributed by atoms with E-state index in [4.69, 9.17) is 48.3 Å². The van der Waals surface area contributed by atoms with Crippen molar-refractivity contribution >= 4 is 11.9 Å². The van der Waals surface area contributed by atoms with Crippen molar-refractivity contribution in [1.82, 2.24) is 0 Å². The quantitative estimate of drug-likeness (QED) is 0.271. The smallest absolute Gasteiger partial charge is 0.335 e. The molecule has 15 atom stereocenters. The van der Waals surface area contributed by atoms with Crippen LogP contribution < -0.4 is 0 Å². The number of rotatable bonds is 4. The lowest BCUT2D eigenvalue weighted by Crippen LogP contribution is -2.70. The molecule has 8 saturated heterocycles. The van der Waals surface area contributed by atoms with Gasteiger partial charge in [-0.1, -0.05) is 39.8 Å². The average Bonchev–Trinajstić information content (AvgIpc) is 3.46. The Morgan fingerprint density at radius 2 is 1.32 bits per heavy atom. The Bertz CT molecular complexity index is 1470. The van der Waals surface area contributed by atoms with Crippen molar-refractivity contribution < 1.29 is 57.9 Å². The largest absolute Gasteiger partial charge is 0.478 e. The predicted octanol–water partition coefficient (Wildman–Crippen LogP) is 6.50. The number of benzene rings is 1. The van der Waals surface area contributed by atoms with Gasteiger partial charge in [0.15, 0.2) is 23.8 Å². The minimum absolute atomic E-state index is 0.115. The third-order valence-electron chi connectivity index (χ3n) is 13.7. The number of esters is 1. The van der Waals surface area contributed by atoms with Gasteiger partial charge < -0.3 is 28.8 Å². The van der Waals surface area contributed by atoms with Gasteiger partial charge in [0.05, 0.1) is 18.1 Å². The van der Waals surface area contributed by atoms with Crippen LogP contribution in [0.15, 0.2) is 24.3 Å². The van der Waals surface area contributed by atoms with Gasteiger partial charge in [0.25, 0.3) is 0 Å². The molecule has 10 aliphatic rings. The molecule has 2 aliphatic carbocycles. The summed E-state index contributed by atoms with van der Waals surface area (Å²) >= 11 is 0. The van der Waals surface area contributed by atoms with E-state index in [1.54, 1.807) is 24.3 Å². The summed E-state index contributed by atoms with van der Waals surface area (Å²) in [6.45, 7) is 12.8. The van der Waals surface area contributed by atoms with Gasteiger partial charge in [-0.2, -0.15) is 0 Å². The monoisotopic (exact) mass is 700 g/mol. The van der Waals surface area contributed by atoms with E-state index in [0.717, 1.165) is 56.9 Å². The molecular weight excluding hydrogens is 648 g/mol. The number of hydrogen-bond donors (Lipinski definition) is 1. The highest BCUT2D eigenvalue weighted by Crippen LogP contribution is 2.61. The highest BCUT2D eigenvalue weighted by Gasteiger charge is 2.71. The van der Waals surface area contributed by atoms with Crippen LogP contribution in [-0.2, 0) is 54.6 Å². The van der Waals surface area contributed by atoms with Crippen LogP contribution in [0, 0.1) is 47.3 Å². The second-order valence-corrected chi connectivity index (χ2v) is 16.7. The molecule has 2 spiro atoms. The molecule has 8 heterocycles. The standard InChI is InChI=1S/C23H30O7.C15H22O5/c1-13-4-9-18-14(2)20(26-12-15-5-7-16(8-6-15)19(24)25)27-21-23(18)17(13)10-11-22(3,28-21)29-30-23;1-8-4-5-11-9(2)12(16)17-13-15(11)10(8)6-7-14(3,18-13)19-20-15/h5-8,13-14,17-18,20-21H,4,9-12H2,1-3H3,(H,24,25);8-11,13H,4-7H2,1-3H3/t13-,14-,17?,18?,20+,21-,22+,23-;8-,9-,10?,11?,13-,14+,15-/m11/s1. The van der Waals surface area contributed by atoms with Crippen LogP contribution in [0.5, 0.6) is 0 Å². The lowest BCUT2D eigenvalue weighted by atomic mass is 9.58. The number of carbonyl (C=O) groups is 2. The van der Waals surface area contributed by atoms with E-state index in [9.17, 15) is 9.59 Å². The van der Waals surface area contributed by atoms with E-state index in [1.165, 1.54) is 0 Å². The molecule has 1 aromatic rings. The van der Waals surface area contributed by atoms with Crippen LogP contribution in [0.2, 0.25) is 0 Å². The van der Waals surface area contributed by atoms with Crippen molar-refractivity contribution in [3.63, 3.8) is 0 Å². The number of hydrogen-bond acceptors (Lipinski definition) is 11. The molecule has 50 heavy (non-hydrogen) atoms. The normalized spacial score (nSPS) is 50.0. The zero-order valence-electron chi connectivity index (χ0n) is 30.0. The molecule has 12 nitrogen and oxygen atoms in total. The highest BCUT2D eigenvalue weighted by molar-refractivity contribution is 5.87. The molecule has 11 rings (SSSR count). The molecule has 12 heteroatoms. The number of carboxylic acid groups (broad SMARTS) is 1. The zero-order chi connectivity index (χ0) is 35.2. The van der Waals surface area contributed by atoms with Crippen molar-refractivity contribution in [2.24, 2.45) is 47.3 Å². The minimum atomic E-state index is -0.936. The number of ether oxygens (including phenoxy) is 5. The van der Waals surface area contributed by atoms with E-state index in [-0.39, 0.29) is 35.2 Å². The van der Waals surface area contributed by atoms with E-state index in [0.29, 0.717) is 30.3 Å². The third-order valence-corrected chi connectivity index (χ3v) is 13.7. The minimum Gasteiger partial charge on any atom is -0.478 e. The summed E-state index contributed by atoms with van der Waals surface area (Å²) in [7, 11) is 0. The summed E-state index contributed by atoms with van der Waals surface area (Å²) in [5.74, 6) is -0.676. The van der Waals surface area contributed by atoms with E-state index < -0.39 is 47.6 Å². The molecule has 1 N–H and O–H groups in total. The summed E-state index contributed by atoms with van der Waals surface area (Å²) in [5.41, 5.74) is -0.0309. The first kappa shape index (κ1) is 34.9. The van der Waals surface area contributed by atoms with Gasteiger partial charge in [0, 0.05) is 36.5 Å². The van der Waals surface area contributed by atoms with Crippen LogP contribution in [0.1, 0.15) is 109 Å². The number of fused-ring (bicyclic) bond motifs is 4. The van der Waals surface area contributed by atoms with Gasteiger partial charge in [-0.3, -0.25) is 4.79 Å². The molecule has 1 aromatic carbocycles. The first-order valence-electron chi connectivity index (χ1n) is 18.7. The first-order valence-corrected chi connectivity index (χ1v) is 18.7. The fourth-order valence-electron chi connectivity index (χ4n) is 10.7. The molecule has 4 bridgehead atoms. The lowest BCUT2D eigenvalue weighted by molar-refractivity contribution is -0.577. The maximum atomic E-state index is 12.1. The Labute approximate surface area is 293 Å². The van der Waals surface area contributed by atoms with Gasteiger partial charge in [-0.15, -0.1) is 0 Å². The number of aromatic carboxylic acids is 1. The Balaban J connectivity index is 0.000000156.